The molecule has 5 nitrogen and oxygen atoms in total. The standard InChI is InChI=1S/C24H29N3O2/c1-4-8-24(28)25-14-13-23-26-21-9-5-6-10-22(21)27(23)15-7-16-29-20-12-11-18(2)19(3)17-20/h4-6,8-12,17H,7,13-16H2,1-3H3,(H,25,28)/b8-4+. The van der Waals surface area contributed by atoms with Gasteiger partial charge in [-0.05, 0) is 68.7 Å². The molecule has 0 saturated carbocycles. The molecule has 0 aliphatic rings. The second-order valence-corrected chi connectivity index (χ2v) is 7.16. The number of para-hydroxylation sites is 2. The Morgan fingerprint density at radius 3 is 2.79 bits per heavy atom. The summed E-state index contributed by atoms with van der Waals surface area (Å²) >= 11 is 0. The van der Waals surface area contributed by atoms with Crippen molar-refractivity contribution in [3.8, 4) is 5.75 Å². The molecule has 0 saturated heterocycles. The van der Waals surface area contributed by atoms with Crippen molar-refractivity contribution in [1.82, 2.24) is 14.9 Å². The summed E-state index contributed by atoms with van der Waals surface area (Å²) in [6, 6.07) is 14.3. The third-order valence-corrected chi connectivity index (χ3v) is 4.97. The first-order valence-electron chi connectivity index (χ1n) is 10.1. The number of ether oxygens (including phenoxy) is 1. The average Bonchev–Trinajstić information content (AvgIpc) is 3.05. The van der Waals surface area contributed by atoms with Crippen LogP contribution in [0.5, 0.6) is 5.75 Å². The Morgan fingerprint density at radius 2 is 2.00 bits per heavy atom. The van der Waals surface area contributed by atoms with Gasteiger partial charge >= 0.3 is 0 Å². The molecule has 3 rings (SSSR count). The number of rotatable bonds is 9. The van der Waals surface area contributed by atoms with Gasteiger partial charge in [-0.3, -0.25) is 4.79 Å². The Kier molecular flexibility index (Phi) is 7.06. The fourth-order valence-electron chi connectivity index (χ4n) is 3.29. The smallest absolute Gasteiger partial charge is 0.243 e. The van der Waals surface area contributed by atoms with Crippen molar-refractivity contribution in [2.24, 2.45) is 0 Å². The largest absolute Gasteiger partial charge is 0.494 e. The van der Waals surface area contributed by atoms with E-state index >= 15 is 0 Å². The van der Waals surface area contributed by atoms with Gasteiger partial charge in [-0.15, -0.1) is 0 Å². The maximum Gasteiger partial charge on any atom is 0.243 e. The maximum atomic E-state index is 11.6. The molecule has 0 atom stereocenters. The van der Waals surface area contributed by atoms with E-state index in [9.17, 15) is 4.79 Å². The number of hydrogen-bond donors (Lipinski definition) is 1. The highest BCUT2D eigenvalue weighted by Gasteiger charge is 2.10. The summed E-state index contributed by atoms with van der Waals surface area (Å²) in [6.07, 6.45) is 4.84. The van der Waals surface area contributed by atoms with Crippen LogP contribution in [0.3, 0.4) is 0 Å². The number of aryl methyl sites for hydroxylation is 3. The number of fused-ring (bicyclic) bond motifs is 1. The number of imidazole rings is 1. The third kappa shape index (κ3) is 5.47. The average molecular weight is 392 g/mol. The predicted molar refractivity (Wildman–Crippen MR) is 117 cm³/mol. The molecular weight excluding hydrogens is 362 g/mol. The molecule has 0 aliphatic carbocycles. The molecule has 0 unspecified atom stereocenters. The van der Waals surface area contributed by atoms with Gasteiger partial charge in [-0.2, -0.15) is 0 Å². The number of nitrogens with one attached hydrogen (secondary N) is 1. The SMILES string of the molecule is C/C=C/C(=O)NCCc1nc2ccccc2n1CCCOc1ccc(C)c(C)c1. The fraction of sp³-hybridized carbons (Fsp3) is 0.333. The molecule has 1 amide bonds. The van der Waals surface area contributed by atoms with Crippen molar-refractivity contribution in [3.05, 3.63) is 71.6 Å². The number of allylic oxidation sites excluding steroid dienone is 1. The van der Waals surface area contributed by atoms with E-state index in [0.717, 1.165) is 35.6 Å². The van der Waals surface area contributed by atoms with Crippen LogP contribution in [0.2, 0.25) is 0 Å². The van der Waals surface area contributed by atoms with Crippen molar-refractivity contribution in [2.75, 3.05) is 13.2 Å². The van der Waals surface area contributed by atoms with Gasteiger partial charge in [0.25, 0.3) is 0 Å². The van der Waals surface area contributed by atoms with E-state index in [2.05, 4.69) is 41.9 Å². The quantitative estimate of drug-likeness (QED) is 0.436. The van der Waals surface area contributed by atoms with Crippen LogP contribution in [-0.2, 0) is 17.8 Å². The highest BCUT2D eigenvalue weighted by atomic mass is 16.5. The van der Waals surface area contributed by atoms with Crippen molar-refractivity contribution in [3.63, 3.8) is 0 Å². The highest BCUT2D eigenvalue weighted by molar-refractivity contribution is 5.87. The Hall–Kier alpha value is -3.08. The minimum atomic E-state index is -0.0723. The van der Waals surface area contributed by atoms with Gasteiger partial charge in [0, 0.05) is 19.5 Å². The number of hydrogen-bond acceptors (Lipinski definition) is 3. The zero-order valence-corrected chi connectivity index (χ0v) is 17.4. The van der Waals surface area contributed by atoms with Crippen LogP contribution < -0.4 is 10.1 Å². The Morgan fingerprint density at radius 1 is 1.17 bits per heavy atom. The van der Waals surface area contributed by atoms with Crippen LogP contribution >= 0.6 is 0 Å². The molecule has 1 N–H and O–H groups in total. The second kappa shape index (κ2) is 9.92. The van der Waals surface area contributed by atoms with Gasteiger partial charge in [0.15, 0.2) is 0 Å². The number of amides is 1. The summed E-state index contributed by atoms with van der Waals surface area (Å²) in [5, 5.41) is 2.90. The Balaban J connectivity index is 1.62. The molecule has 0 radical (unpaired) electrons. The molecule has 5 heteroatoms. The zero-order chi connectivity index (χ0) is 20.6. The molecular formula is C24H29N3O2. The van der Waals surface area contributed by atoms with E-state index < -0.39 is 0 Å². The third-order valence-electron chi connectivity index (χ3n) is 4.97. The molecule has 29 heavy (non-hydrogen) atoms. The molecule has 1 heterocycles. The number of benzene rings is 2. The normalized spacial score (nSPS) is 11.3. The van der Waals surface area contributed by atoms with Crippen LogP contribution in [-0.4, -0.2) is 28.6 Å². The van der Waals surface area contributed by atoms with E-state index in [1.807, 2.05) is 31.2 Å². The first kappa shape index (κ1) is 20.6. The number of carbonyl (C=O) groups excluding carboxylic acids is 1. The van der Waals surface area contributed by atoms with Crippen molar-refractivity contribution in [2.45, 2.75) is 40.2 Å². The zero-order valence-electron chi connectivity index (χ0n) is 17.4. The molecule has 0 fully saturated rings. The van der Waals surface area contributed by atoms with Crippen LogP contribution in [0.15, 0.2) is 54.6 Å². The first-order valence-corrected chi connectivity index (χ1v) is 10.1. The second-order valence-electron chi connectivity index (χ2n) is 7.16. The lowest BCUT2D eigenvalue weighted by atomic mass is 10.1. The minimum absolute atomic E-state index is 0.0723. The van der Waals surface area contributed by atoms with E-state index in [4.69, 9.17) is 9.72 Å². The molecule has 152 valence electrons. The van der Waals surface area contributed by atoms with Gasteiger partial charge in [0.05, 0.1) is 17.6 Å². The van der Waals surface area contributed by atoms with Gasteiger partial charge < -0.3 is 14.6 Å². The van der Waals surface area contributed by atoms with E-state index in [1.165, 1.54) is 17.2 Å². The number of aromatic nitrogens is 2. The van der Waals surface area contributed by atoms with E-state index in [0.29, 0.717) is 19.6 Å². The summed E-state index contributed by atoms with van der Waals surface area (Å²) in [6.45, 7) is 8.06. The topological polar surface area (TPSA) is 56.2 Å². The van der Waals surface area contributed by atoms with Crippen molar-refractivity contribution < 1.29 is 9.53 Å². The van der Waals surface area contributed by atoms with E-state index in [-0.39, 0.29) is 5.91 Å². The summed E-state index contributed by atoms with van der Waals surface area (Å²) in [5.74, 6) is 1.82. The number of nitrogens with zero attached hydrogens (tertiary/aromatic N) is 2. The lowest BCUT2D eigenvalue weighted by molar-refractivity contribution is -0.116. The Bertz CT molecular complexity index is 1000. The number of carbonyl (C=O) groups is 1. The van der Waals surface area contributed by atoms with Gasteiger partial charge in [0.1, 0.15) is 11.6 Å². The monoisotopic (exact) mass is 391 g/mol. The van der Waals surface area contributed by atoms with Gasteiger partial charge in [0.2, 0.25) is 5.91 Å². The maximum absolute atomic E-state index is 11.6. The Labute approximate surface area is 172 Å². The molecule has 2 aromatic carbocycles. The fourth-order valence-corrected chi connectivity index (χ4v) is 3.29. The molecule has 0 bridgehead atoms. The molecule has 1 aromatic heterocycles. The summed E-state index contributed by atoms with van der Waals surface area (Å²) in [4.78, 5) is 16.4. The predicted octanol–water partition coefficient (Wildman–Crippen LogP) is 4.36. The van der Waals surface area contributed by atoms with Crippen molar-refractivity contribution in [1.29, 1.82) is 0 Å². The molecule has 0 spiro atoms. The lowest BCUT2D eigenvalue weighted by Crippen LogP contribution is -2.24. The van der Waals surface area contributed by atoms with Gasteiger partial charge in [-0.25, -0.2) is 4.98 Å². The van der Waals surface area contributed by atoms with Crippen LogP contribution in [0.1, 0.15) is 30.3 Å². The van der Waals surface area contributed by atoms with Crippen LogP contribution in [0, 0.1) is 13.8 Å². The lowest BCUT2D eigenvalue weighted by Gasteiger charge is -2.11. The van der Waals surface area contributed by atoms with Crippen LogP contribution in [0.25, 0.3) is 11.0 Å². The van der Waals surface area contributed by atoms with Gasteiger partial charge in [-0.1, -0.05) is 24.3 Å². The summed E-state index contributed by atoms with van der Waals surface area (Å²) in [5.41, 5.74) is 4.62. The summed E-state index contributed by atoms with van der Waals surface area (Å²) in [7, 11) is 0. The van der Waals surface area contributed by atoms with E-state index in [1.54, 1.807) is 6.08 Å². The highest BCUT2D eigenvalue weighted by Crippen LogP contribution is 2.19. The van der Waals surface area contributed by atoms with Crippen LogP contribution in [0.4, 0.5) is 0 Å². The molecule has 3 aromatic rings. The first-order chi connectivity index (χ1) is 14.1. The molecule has 0 aliphatic heterocycles. The van der Waals surface area contributed by atoms with Crippen molar-refractivity contribution >= 4 is 16.9 Å². The summed E-state index contributed by atoms with van der Waals surface area (Å²) < 4.78 is 8.17. The minimum Gasteiger partial charge on any atom is -0.494 e.